The molecule has 0 radical (unpaired) electrons. The van der Waals surface area contributed by atoms with Crippen LogP contribution in [0.2, 0.25) is 0 Å². The molecule has 0 bridgehead atoms. The average Bonchev–Trinajstić information content (AvgIpc) is 2.36. The Morgan fingerprint density at radius 1 is 1.60 bits per heavy atom. The Labute approximate surface area is 116 Å². The van der Waals surface area contributed by atoms with Gasteiger partial charge in [0.15, 0.2) is 0 Å². The van der Waals surface area contributed by atoms with E-state index >= 15 is 0 Å². The molecule has 0 spiro atoms. The van der Waals surface area contributed by atoms with Crippen molar-refractivity contribution in [1.82, 2.24) is 4.98 Å². The largest absolute Gasteiger partial charge is 0.480 e. The lowest BCUT2D eigenvalue weighted by Gasteiger charge is -2.44. The van der Waals surface area contributed by atoms with Crippen molar-refractivity contribution in [3.63, 3.8) is 0 Å². The Kier molecular flexibility index (Phi) is 3.61. The van der Waals surface area contributed by atoms with Gasteiger partial charge in [-0.05, 0) is 18.3 Å². The second-order valence-electron chi connectivity index (χ2n) is 5.66. The fourth-order valence-electron chi connectivity index (χ4n) is 2.79. The van der Waals surface area contributed by atoms with Gasteiger partial charge < -0.3 is 10.0 Å². The van der Waals surface area contributed by atoms with Crippen LogP contribution in [0.25, 0.3) is 0 Å². The number of hydrogen-bond acceptors (Lipinski definition) is 5. The molecule has 1 aliphatic heterocycles. The number of pyridine rings is 1. The molecule has 2 heterocycles. The van der Waals surface area contributed by atoms with E-state index in [4.69, 9.17) is 0 Å². The third-order valence-corrected chi connectivity index (χ3v) is 3.74. The van der Waals surface area contributed by atoms with Gasteiger partial charge in [0.2, 0.25) is 0 Å². The predicted octanol–water partition coefficient (Wildman–Crippen LogP) is 2.07. The van der Waals surface area contributed by atoms with Gasteiger partial charge in [0, 0.05) is 18.8 Å². The molecule has 7 heteroatoms. The number of carboxylic acid groups (broad SMARTS) is 1. The van der Waals surface area contributed by atoms with Crippen LogP contribution in [0, 0.1) is 15.5 Å². The molecular weight excluding hydrogens is 262 g/mol. The number of hydrogen-bond donors (Lipinski definition) is 1. The maximum atomic E-state index is 11.6. The van der Waals surface area contributed by atoms with Gasteiger partial charge in [-0.3, -0.25) is 10.1 Å². The van der Waals surface area contributed by atoms with Crippen LogP contribution in [0.5, 0.6) is 0 Å². The lowest BCUT2D eigenvalue weighted by Crippen LogP contribution is -2.54. The Bertz CT molecular complexity index is 544. The highest BCUT2D eigenvalue weighted by Gasteiger charge is 2.43. The topological polar surface area (TPSA) is 96.6 Å². The second-order valence-corrected chi connectivity index (χ2v) is 5.66. The van der Waals surface area contributed by atoms with Crippen LogP contribution in [0.3, 0.4) is 0 Å². The molecule has 1 aromatic heterocycles. The molecule has 1 N–H and O–H groups in total. The third-order valence-electron chi connectivity index (χ3n) is 3.74. The SMILES string of the molecule is CC1(C)CCCN(c2cc([N+](=O)[O-])ccn2)C1C(=O)O. The van der Waals surface area contributed by atoms with Crippen molar-refractivity contribution in [2.24, 2.45) is 5.41 Å². The molecule has 1 atom stereocenters. The lowest BCUT2D eigenvalue weighted by atomic mass is 9.76. The summed E-state index contributed by atoms with van der Waals surface area (Å²) >= 11 is 0. The zero-order valence-corrected chi connectivity index (χ0v) is 11.4. The number of aliphatic carboxylic acids is 1. The van der Waals surface area contributed by atoms with Crippen LogP contribution in [0.1, 0.15) is 26.7 Å². The van der Waals surface area contributed by atoms with Gasteiger partial charge in [-0.1, -0.05) is 13.8 Å². The van der Waals surface area contributed by atoms with Gasteiger partial charge in [0.1, 0.15) is 11.9 Å². The first-order chi connectivity index (χ1) is 9.33. The first-order valence-electron chi connectivity index (χ1n) is 6.43. The molecule has 108 valence electrons. The van der Waals surface area contributed by atoms with Crippen molar-refractivity contribution in [1.29, 1.82) is 0 Å². The van der Waals surface area contributed by atoms with Crippen LogP contribution in [-0.2, 0) is 4.79 Å². The van der Waals surface area contributed by atoms with E-state index in [1.165, 1.54) is 18.3 Å². The predicted molar refractivity (Wildman–Crippen MR) is 72.7 cm³/mol. The Morgan fingerprint density at radius 2 is 2.30 bits per heavy atom. The number of nitro groups is 1. The fourth-order valence-corrected chi connectivity index (χ4v) is 2.79. The standard InChI is InChI=1S/C13H17N3O4/c1-13(2)5-3-7-15(11(13)12(17)18)10-8-9(16(19)20)4-6-14-10/h4,6,8,11H,3,5,7H2,1-2H3,(H,17,18). The normalized spacial score (nSPS) is 21.5. The first kappa shape index (κ1) is 14.2. The molecule has 1 aromatic rings. The Morgan fingerprint density at radius 3 is 2.90 bits per heavy atom. The number of rotatable bonds is 3. The summed E-state index contributed by atoms with van der Waals surface area (Å²) in [5.74, 6) is -0.581. The monoisotopic (exact) mass is 279 g/mol. The summed E-state index contributed by atoms with van der Waals surface area (Å²) in [7, 11) is 0. The first-order valence-corrected chi connectivity index (χ1v) is 6.43. The number of carbonyl (C=O) groups is 1. The highest BCUT2D eigenvalue weighted by Crippen LogP contribution is 2.37. The van der Waals surface area contributed by atoms with Gasteiger partial charge in [-0.15, -0.1) is 0 Å². The van der Waals surface area contributed by atoms with Crippen LogP contribution in [-0.4, -0.2) is 33.6 Å². The summed E-state index contributed by atoms with van der Waals surface area (Å²) < 4.78 is 0. The van der Waals surface area contributed by atoms with E-state index in [2.05, 4.69) is 4.98 Å². The number of nitrogens with zero attached hydrogens (tertiary/aromatic N) is 3. The summed E-state index contributed by atoms with van der Waals surface area (Å²) in [5.41, 5.74) is -0.487. The number of aromatic nitrogens is 1. The van der Waals surface area contributed by atoms with E-state index in [0.29, 0.717) is 12.4 Å². The molecule has 0 aromatic carbocycles. The number of anilines is 1. The highest BCUT2D eigenvalue weighted by atomic mass is 16.6. The van der Waals surface area contributed by atoms with Gasteiger partial charge >= 0.3 is 5.97 Å². The van der Waals surface area contributed by atoms with E-state index in [9.17, 15) is 20.0 Å². The average molecular weight is 279 g/mol. The minimum Gasteiger partial charge on any atom is -0.480 e. The second kappa shape index (κ2) is 5.07. The van der Waals surface area contributed by atoms with Crippen molar-refractivity contribution in [2.75, 3.05) is 11.4 Å². The Hall–Kier alpha value is -2.18. The van der Waals surface area contributed by atoms with E-state index in [1.54, 1.807) is 4.90 Å². The van der Waals surface area contributed by atoms with Crippen LogP contribution in [0.15, 0.2) is 18.3 Å². The minimum absolute atomic E-state index is 0.0810. The van der Waals surface area contributed by atoms with Crippen molar-refractivity contribution < 1.29 is 14.8 Å². The van der Waals surface area contributed by atoms with Gasteiger partial charge in [0.25, 0.3) is 5.69 Å². The molecule has 0 amide bonds. The lowest BCUT2D eigenvalue weighted by molar-refractivity contribution is -0.384. The zero-order chi connectivity index (χ0) is 14.9. The molecule has 0 aliphatic carbocycles. The van der Waals surface area contributed by atoms with Crippen molar-refractivity contribution in [2.45, 2.75) is 32.7 Å². The fraction of sp³-hybridized carbons (Fsp3) is 0.538. The quantitative estimate of drug-likeness (QED) is 0.672. The Balaban J connectivity index is 2.41. The molecule has 20 heavy (non-hydrogen) atoms. The van der Waals surface area contributed by atoms with E-state index < -0.39 is 22.3 Å². The molecule has 7 nitrogen and oxygen atoms in total. The summed E-state index contributed by atoms with van der Waals surface area (Å²) in [5, 5.41) is 20.3. The summed E-state index contributed by atoms with van der Waals surface area (Å²) in [6.07, 6.45) is 2.98. The number of carboxylic acids is 1. The van der Waals surface area contributed by atoms with Crippen molar-refractivity contribution in [3.8, 4) is 0 Å². The molecule has 1 unspecified atom stereocenters. The van der Waals surface area contributed by atoms with Crippen molar-refractivity contribution in [3.05, 3.63) is 28.4 Å². The molecule has 1 aliphatic rings. The highest BCUT2D eigenvalue weighted by molar-refractivity contribution is 5.79. The van der Waals surface area contributed by atoms with Gasteiger partial charge in [-0.2, -0.15) is 0 Å². The zero-order valence-electron chi connectivity index (χ0n) is 11.4. The van der Waals surface area contributed by atoms with E-state index in [0.717, 1.165) is 12.8 Å². The maximum Gasteiger partial charge on any atom is 0.326 e. The summed E-state index contributed by atoms with van der Waals surface area (Å²) in [6, 6.07) is 1.90. The van der Waals surface area contributed by atoms with Crippen LogP contribution < -0.4 is 4.90 Å². The molecule has 0 saturated carbocycles. The summed E-state index contributed by atoms with van der Waals surface area (Å²) in [4.78, 5) is 27.6. The maximum absolute atomic E-state index is 11.6. The molecule has 2 rings (SSSR count). The summed E-state index contributed by atoms with van der Waals surface area (Å²) in [6.45, 7) is 4.33. The third kappa shape index (κ3) is 2.56. The molecule has 1 saturated heterocycles. The molecular formula is C13H17N3O4. The van der Waals surface area contributed by atoms with Gasteiger partial charge in [0.05, 0.1) is 11.0 Å². The van der Waals surface area contributed by atoms with Crippen molar-refractivity contribution >= 4 is 17.5 Å². The van der Waals surface area contributed by atoms with Crippen LogP contribution >= 0.6 is 0 Å². The molecule has 1 fully saturated rings. The van der Waals surface area contributed by atoms with Crippen LogP contribution in [0.4, 0.5) is 11.5 Å². The minimum atomic E-state index is -0.928. The van der Waals surface area contributed by atoms with Gasteiger partial charge in [-0.25, -0.2) is 9.78 Å². The smallest absolute Gasteiger partial charge is 0.326 e. The number of piperidine rings is 1. The van der Waals surface area contributed by atoms with E-state index in [1.807, 2.05) is 13.8 Å². The van der Waals surface area contributed by atoms with E-state index in [-0.39, 0.29) is 5.69 Å².